The van der Waals surface area contributed by atoms with Gasteiger partial charge in [-0.05, 0) is 30.0 Å². The van der Waals surface area contributed by atoms with E-state index in [1.165, 1.54) is 0 Å². The predicted molar refractivity (Wildman–Crippen MR) is 182 cm³/mol. The van der Waals surface area contributed by atoms with Gasteiger partial charge in [0.2, 0.25) is 17.7 Å². The second-order valence-electron chi connectivity index (χ2n) is 15.1. The van der Waals surface area contributed by atoms with E-state index in [2.05, 4.69) is 30.9 Å². The number of nitrogens with one attached hydrogen (secondary N) is 3. The van der Waals surface area contributed by atoms with E-state index in [0.29, 0.717) is 56.0 Å². The quantitative estimate of drug-likeness (QED) is 0.235. The van der Waals surface area contributed by atoms with E-state index in [1.54, 1.807) is 25.5 Å². The van der Waals surface area contributed by atoms with Crippen LogP contribution in [0.4, 0.5) is 20.3 Å². The number of hydrogen-bond acceptors (Lipinski definition) is 8. The largest absolute Gasteiger partial charge is 0.355 e. The summed E-state index contributed by atoms with van der Waals surface area (Å²) in [4.78, 5) is 58.9. The number of carbonyl (C=O) groups excluding carboxylic acids is 4. The Morgan fingerprint density at radius 2 is 1.83 bits per heavy atom. The average Bonchev–Trinajstić information content (AvgIpc) is 3.50. The normalized spacial score (nSPS) is 25.7. The second kappa shape index (κ2) is 11.8. The molecule has 0 bridgehead atoms. The van der Waals surface area contributed by atoms with E-state index in [9.17, 15) is 28.0 Å². The smallest absolute Gasteiger partial charge is 0.276 e. The highest BCUT2D eigenvalue weighted by atomic mass is 19.3. The Bertz CT molecular complexity index is 2090. The number of amides is 4. The van der Waals surface area contributed by atoms with Gasteiger partial charge in [-0.1, -0.05) is 43.3 Å². The van der Waals surface area contributed by atoms with Crippen molar-refractivity contribution >= 4 is 35.1 Å². The third-order valence-corrected chi connectivity index (χ3v) is 11.9. The number of pyridine rings is 1. The van der Waals surface area contributed by atoms with Gasteiger partial charge in [0, 0.05) is 79.9 Å². The van der Waals surface area contributed by atoms with E-state index in [0.717, 1.165) is 16.9 Å². The van der Waals surface area contributed by atoms with Gasteiger partial charge in [0.05, 0.1) is 29.8 Å². The number of fused-ring (bicyclic) bond motifs is 2. The number of likely N-dealkylation sites (tertiary alicyclic amines) is 1. The lowest BCUT2D eigenvalue weighted by Crippen LogP contribution is -2.61. The van der Waals surface area contributed by atoms with Gasteiger partial charge in [-0.15, -0.1) is 0 Å². The molecule has 0 spiro atoms. The van der Waals surface area contributed by atoms with Crippen LogP contribution in [0.3, 0.4) is 0 Å². The Kier molecular flexibility index (Phi) is 7.35. The second-order valence-corrected chi connectivity index (χ2v) is 15.1. The van der Waals surface area contributed by atoms with Crippen LogP contribution in [0.25, 0.3) is 0 Å². The molecular formula is C37H37F2N9O4. The number of benzene rings is 1. The zero-order valence-electron chi connectivity index (χ0n) is 28.4. The number of hydrogen-bond donors (Lipinski definition) is 3. The van der Waals surface area contributed by atoms with Crippen molar-refractivity contribution in [1.29, 1.82) is 0 Å². The van der Waals surface area contributed by atoms with Crippen molar-refractivity contribution in [3.8, 4) is 0 Å². The van der Waals surface area contributed by atoms with Crippen LogP contribution in [0, 0.1) is 23.2 Å². The van der Waals surface area contributed by atoms with Crippen LogP contribution in [0.2, 0.25) is 0 Å². The fourth-order valence-corrected chi connectivity index (χ4v) is 8.61. The highest BCUT2D eigenvalue weighted by Crippen LogP contribution is 2.70. The van der Waals surface area contributed by atoms with Crippen LogP contribution in [0.1, 0.15) is 64.6 Å². The van der Waals surface area contributed by atoms with Gasteiger partial charge >= 0.3 is 0 Å². The zero-order valence-corrected chi connectivity index (χ0v) is 28.4. The van der Waals surface area contributed by atoms with Crippen LogP contribution in [0.5, 0.6) is 0 Å². The third-order valence-electron chi connectivity index (χ3n) is 11.9. The number of halogens is 2. The standard InChI is InChI=1S/C37H37F2N9O4/c1-36-12-27-26(11-28(36)37(36,38)39)31(45-44-27)34(51)42-24-14-41-48(19-24)32(20-5-3-2-4-6-20)22-15-47(16-22)35(52)23-17-46(18-23)29-9-7-21(13-40-29)25-8-10-30(49)43-33(25)50/h2-7,9,13-14,19,22-23,25,28,32H,8,10-12,15-18H2,1H3,(H,42,51)(H,44,45)(H,43,49,50)/t25?,28-,32+,36+/m0/s1. The van der Waals surface area contributed by atoms with E-state index in [1.807, 2.05) is 56.9 Å². The number of carbonyl (C=O) groups is 4. The topological polar surface area (TPSA) is 158 Å². The Morgan fingerprint density at radius 3 is 2.56 bits per heavy atom. The van der Waals surface area contributed by atoms with Crippen molar-refractivity contribution in [3.63, 3.8) is 0 Å². The molecule has 13 nitrogen and oxygen atoms in total. The molecule has 4 atom stereocenters. The first kappa shape index (κ1) is 32.4. The van der Waals surface area contributed by atoms with Crippen molar-refractivity contribution in [2.24, 2.45) is 23.2 Å². The van der Waals surface area contributed by atoms with Gasteiger partial charge in [-0.2, -0.15) is 10.2 Å². The minimum Gasteiger partial charge on any atom is -0.355 e. The molecule has 3 saturated heterocycles. The maximum absolute atomic E-state index is 14.4. The van der Waals surface area contributed by atoms with E-state index in [4.69, 9.17) is 0 Å². The molecule has 4 fully saturated rings. The molecule has 6 heterocycles. The maximum Gasteiger partial charge on any atom is 0.276 e. The number of nitrogens with zero attached hydrogens (tertiary/aromatic N) is 6. The van der Waals surface area contributed by atoms with Crippen molar-refractivity contribution in [1.82, 2.24) is 35.2 Å². The Balaban J connectivity index is 0.821. The van der Waals surface area contributed by atoms with Gasteiger partial charge in [0.25, 0.3) is 11.8 Å². The van der Waals surface area contributed by atoms with Crippen molar-refractivity contribution < 1.29 is 28.0 Å². The molecule has 3 aliphatic heterocycles. The van der Waals surface area contributed by atoms with E-state index < -0.39 is 29.1 Å². The number of imide groups is 1. The van der Waals surface area contributed by atoms with Crippen LogP contribution in [-0.4, -0.2) is 85.6 Å². The fourth-order valence-electron chi connectivity index (χ4n) is 8.61. The molecule has 4 amide bonds. The number of rotatable bonds is 8. The van der Waals surface area contributed by atoms with Gasteiger partial charge in [-0.25, -0.2) is 13.8 Å². The van der Waals surface area contributed by atoms with Crippen molar-refractivity contribution in [3.05, 3.63) is 89.1 Å². The van der Waals surface area contributed by atoms with Crippen LogP contribution < -0.4 is 15.5 Å². The average molecular weight is 710 g/mol. The molecule has 4 aromatic rings. The fraction of sp³-hybridized carbons (Fsp3) is 0.432. The van der Waals surface area contributed by atoms with Gasteiger partial charge < -0.3 is 15.1 Å². The van der Waals surface area contributed by atoms with E-state index >= 15 is 0 Å². The molecule has 5 aliphatic rings. The third kappa shape index (κ3) is 5.19. The number of aromatic amines is 1. The summed E-state index contributed by atoms with van der Waals surface area (Å²) in [5.74, 6) is -4.17. The molecule has 3 aromatic heterocycles. The first-order chi connectivity index (χ1) is 25.0. The highest BCUT2D eigenvalue weighted by molar-refractivity contribution is 6.04. The van der Waals surface area contributed by atoms with Crippen molar-refractivity contribution in [2.75, 3.05) is 36.4 Å². The number of aromatic nitrogens is 5. The molecule has 0 radical (unpaired) electrons. The Hall–Kier alpha value is -5.47. The lowest BCUT2D eigenvalue weighted by Gasteiger charge is -2.48. The summed E-state index contributed by atoms with van der Waals surface area (Å²) in [5, 5.41) is 16.9. The summed E-state index contributed by atoms with van der Waals surface area (Å²) >= 11 is 0. The van der Waals surface area contributed by atoms with Crippen LogP contribution in [-0.2, 0) is 27.2 Å². The van der Waals surface area contributed by atoms with Crippen LogP contribution in [0.15, 0.2) is 61.1 Å². The zero-order chi connectivity index (χ0) is 35.9. The molecule has 1 saturated carbocycles. The molecule has 15 heteroatoms. The van der Waals surface area contributed by atoms with Gasteiger partial charge in [0.15, 0.2) is 5.69 Å². The molecule has 1 aromatic carbocycles. The lowest BCUT2D eigenvalue weighted by molar-refractivity contribution is -0.143. The Labute approximate surface area is 297 Å². The molecule has 52 heavy (non-hydrogen) atoms. The lowest BCUT2D eigenvalue weighted by atomic mass is 9.85. The number of alkyl halides is 2. The molecule has 2 aliphatic carbocycles. The summed E-state index contributed by atoms with van der Waals surface area (Å²) in [6.45, 7) is 3.80. The molecule has 9 rings (SSSR count). The Morgan fingerprint density at radius 1 is 1.04 bits per heavy atom. The minimum atomic E-state index is -2.75. The van der Waals surface area contributed by atoms with Gasteiger partial charge in [-0.3, -0.25) is 34.3 Å². The first-order valence-corrected chi connectivity index (χ1v) is 17.7. The maximum atomic E-state index is 14.4. The van der Waals surface area contributed by atoms with Crippen LogP contribution >= 0.6 is 0 Å². The van der Waals surface area contributed by atoms with Gasteiger partial charge in [0.1, 0.15) is 5.82 Å². The monoisotopic (exact) mass is 709 g/mol. The summed E-state index contributed by atoms with van der Waals surface area (Å²) in [7, 11) is 0. The highest BCUT2D eigenvalue weighted by Gasteiger charge is 2.78. The number of piperidine rings is 1. The molecule has 268 valence electrons. The summed E-state index contributed by atoms with van der Waals surface area (Å²) < 4.78 is 30.7. The minimum absolute atomic E-state index is 0.0837. The predicted octanol–water partition coefficient (Wildman–Crippen LogP) is 3.33. The van der Waals surface area contributed by atoms with E-state index in [-0.39, 0.29) is 54.1 Å². The summed E-state index contributed by atoms with van der Waals surface area (Å²) in [5.41, 5.74) is 2.45. The number of anilines is 2. The number of H-pyrrole nitrogens is 1. The molecule has 1 unspecified atom stereocenters. The molecule has 3 N–H and O–H groups in total. The first-order valence-electron chi connectivity index (χ1n) is 17.7. The van der Waals surface area contributed by atoms with Crippen molar-refractivity contribution in [2.45, 2.75) is 50.5 Å². The summed E-state index contributed by atoms with van der Waals surface area (Å²) in [6.07, 6.45) is 6.04. The SMILES string of the molecule is C[C@@]12Cc3[nH]nc(C(=O)Nc4cnn([C@H](c5ccccc5)C5CN(C(=O)C6CN(c7ccc(C8CCC(=O)NC8=O)cn7)C6)C5)c4)c3C[C@@H]1C2(F)F. The molecular weight excluding hydrogens is 672 g/mol. The summed E-state index contributed by atoms with van der Waals surface area (Å²) in [6, 6.07) is 13.4.